The second-order valence-corrected chi connectivity index (χ2v) is 17.4. The summed E-state index contributed by atoms with van der Waals surface area (Å²) in [6.45, 7) is 11.3. The van der Waals surface area contributed by atoms with Crippen molar-refractivity contribution in [1.82, 2.24) is 0 Å². The number of hydrogen-bond donors (Lipinski definition) is 2. The molecule has 10 fully saturated rings. The Bertz CT molecular complexity index is 1380. The van der Waals surface area contributed by atoms with Crippen LogP contribution < -0.4 is 5.73 Å². The first kappa shape index (κ1) is 36.4. The molecule has 10 aliphatic rings. The number of Topliss-reactive ketones (excluding diaryl/α,β-unsaturated/α-hetero) is 1. The average Bonchev–Trinajstić information content (AvgIpc) is 3.79. The van der Waals surface area contributed by atoms with Crippen LogP contribution in [0.2, 0.25) is 0 Å². The van der Waals surface area contributed by atoms with Gasteiger partial charge in [0, 0.05) is 58.1 Å². The summed E-state index contributed by atoms with van der Waals surface area (Å²) in [6, 6.07) is 0. The minimum absolute atomic E-state index is 0.0158. The third kappa shape index (κ3) is 6.59. The van der Waals surface area contributed by atoms with Gasteiger partial charge in [-0.3, -0.25) is 4.79 Å². The highest BCUT2D eigenvalue weighted by atomic mass is 16.8. The smallest absolute Gasteiger partial charge is 0.172 e. The molecule has 0 saturated carbocycles. The van der Waals surface area contributed by atoms with Crippen LogP contribution in [0.3, 0.4) is 0 Å². The van der Waals surface area contributed by atoms with Gasteiger partial charge < -0.3 is 53.5 Å². The summed E-state index contributed by atoms with van der Waals surface area (Å²) in [4.78, 5) is 14.1. The van der Waals surface area contributed by atoms with Crippen molar-refractivity contribution >= 4 is 5.78 Å². The lowest BCUT2D eigenvalue weighted by Crippen LogP contribution is -2.61. The molecule has 19 atom stereocenters. The van der Waals surface area contributed by atoms with Gasteiger partial charge in [-0.05, 0) is 62.0 Å². The number of rotatable bonds is 4. The lowest BCUT2D eigenvalue weighted by atomic mass is 9.81. The summed E-state index contributed by atoms with van der Waals surface area (Å²) in [6.07, 6.45) is 4.85. The van der Waals surface area contributed by atoms with Crippen molar-refractivity contribution in [3.63, 3.8) is 0 Å². The van der Waals surface area contributed by atoms with Crippen molar-refractivity contribution in [1.29, 1.82) is 0 Å². The van der Waals surface area contributed by atoms with E-state index in [1.54, 1.807) is 7.11 Å². The van der Waals surface area contributed by atoms with Gasteiger partial charge in [-0.1, -0.05) is 20.1 Å². The molecule has 0 radical (unpaired) electrons. The van der Waals surface area contributed by atoms with E-state index in [1.165, 1.54) is 0 Å². The molecule has 12 bridgehead atoms. The molecule has 290 valence electrons. The van der Waals surface area contributed by atoms with Gasteiger partial charge in [0.15, 0.2) is 5.79 Å². The van der Waals surface area contributed by atoms with Crippen LogP contribution in [0.15, 0.2) is 24.3 Å². The average molecular weight is 730 g/mol. The molecule has 0 aromatic heterocycles. The number of ketones is 1. The van der Waals surface area contributed by atoms with Gasteiger partial charge >= 0.3 is 0 Å². The molecule has 0 aromatic rings. The van der Waals surface area contributed by atoms with Crippen molar-refractivity contribution < 1.29 is 52.5 Å². The topological polar surface area (TPSA) is 146 Å². The van der Waals surface area contributed by atoms with Gasteiger partial charge in [0.05, 0.1) is 67.1 Å². The monoisotopic (exact) mass is 729 g/mol. The summed E-state index contributed by atoms with van der Waals surface area (Å²) in [5, 5.41) is 10.5. The fourth-order valence-corrected chi connectivity index (χ4v) is 11.3. The van der Waals surface area contributed by atoms with Crippen LogP contribution in [-0.4, -0.2) is 128 Å². The van der Waals surface area contributed by atoms with E-state index in [0.29, 0.717) is 25.7 Å². The molecule has 3 N–H and O–H groups in total. The highest BCUT2D eigenvalue weighted by Gasteiger charge is 2.68. The highest BCUT2D eigenvalue weighted by molar-refractivity contribution is 5.79. The van der Waals surface area contributed by atoms with E-state index in [9.17, 15) is 9.90 Å². The van der Waals surface area contributed by atoms with E-state index in [4.69, 9.17) is 48.4 Å². The first-order valence-corrected chi connectivity index (χ1v) is 20.2. The fourth-order valence-electron chi connectivity index (χ4n) is 11.3. The SMILES string of the molecule is C=C1C2C[C@@H]3OC(CC(O)CN)[C@H](OC)C3CC(=O)CC3CCC4O[C@@H]5C6O[C@@H]7C[C@@](CCC8CC(=C)[C@H](CC[C@@H](C[C@H]1C)O2)O8)(OC57)O[C@H]6[C@H]4O3. The Hall–Kier alpha value is -1.29. The molecular formula is C40H59NO11. The zero-order valence-corrected chi connectivity index (χ0v) is 30.8. The van der Waals surface area contributed by atoms with E-state index in [1.807, 2.05) is 0 Å². The molecule has 10 heterocycles. The maximum Gasteiger partial charge on any atom is 0.172 e. The molecular weight excluding hydrogens is 670 g/mol. The molecule has 10 aliphatic heterocycles. The minimum atomic E-state index is -0.780. The molecule has 0 amide bonds. The molecule has 1 spiro atoms. The van der Waals surface area contributed by atoms with Crippen molar-refractivity contribution in [3.8, 4) is 0 Å². The van der Waals surface area contributed by atoms with Crippen molar-refractivity contribution in [2.45, 2.75) is 194 Å². The number of nitrogens with two attached hydrogens (primary N) is 1. The third-order valence-electron chi connectivity index (χ3n) is 14.0. The molecule has 0 aliphatic carbocycles. The molecule has 10 saturated heterocycles. The van der Waals surface area contributed by atoms with Gasteiger partial charge in [0.25, 0.3) is 0 Å². The Kier molecular flexibility index (Phi) is 10.0. The van der Waals surface area contributed by atoms with Crippen molar-refractivity contribution in [3.05, 3.63) is 24.3 Å². The van der Waals surface area contributed by atoms with E-state index in [2.05, 4.69) is 20.1 Å². The Morgan fingerprint density at radius 3 is 2.38 bits per heavy atom. The Labute approximate surface area is 307 Å². The number of methoxy groups -OCH3 is 1. The number of carbonyl (C=O) groups excluding carboxylic acids is 1. The first-order valence-electron chi connectivity index (χ1n) is 20.2. The fraction of sp³-hybridized carbons (Fsp3) is 0.875. The highest BCUT2D eigenvalue weighted by Crippen LogP contribution is 2.54. The van der Waals surface area contributed by atoms with Crippen LogP contribution in [-0.2, 0) is 47.4 Å². The maximum absolute atomic E-state index is 14.1. The Morgan fingerprint density at radius 2 is 1.56 bits per heavy atom. The number of hydrogen-bond acceptors (Lipinski definition) is 12. The standard InChI is InChI=1S/C40H59NO11/c1-19-11-24-5-7-28-20(2)12-26(45-28)9-10-40-17-33-36(51-40)37-38(50-33)39(52-40)35-29(49-37)8-6-25(47-35)13-22(42)14-27-31(16-30(46-24)21(19)3)48-32(34(27)44-4)15-23(43)18-41/h19,23-39,43H,2-3,5-18,41H2,1,4H3/t19-,23?,24+,25?,26?,27?,28+,29?,30?,31+,32?,33-,34-,35+,36?,37+,38?,39+,40+/m1/s1. The molecule has 12 heteroatoms. The summed E-state index contributed by atoms with van der Waals surface area (Å²) in [5.41, 5.74) is 8.01. The van der Waals surface area contributed by atoms with Gasteiger partial charge in [0.2, 0.25) is 0 Å². The van der Waals surface area contributed by atoms with Crippen molar-refractivity contribution in [2.75, 3.05) is 13.7 Å². The minimum Gasteiger partial charge on any atom is -0.392 e. The van der Waals surface area contributed by atoms with Gasteiger partial charge in [-0.15, -0.1) is 0 Å². The molecule has 0 aromatic carbocycles. The molecule has 52 heavy (non-hydrogen) atoms. The van der Waals surface area contributed by atoms with Gasteiger partial charge in [-0.25, -0.2) is 0 Å². The van der Waals surface area contributed by atoms with Gasteiger partial charge in [-0.2, -0.15) is 0 Å². The summed E-state index contributed by atoms with van der Waals surface area (Å²) in [7, 11) is 1.66. The second kappa shape index (κ2) is 14.3. The van der Waals surface area contributed by atoms with Crippen LogP contribution in [0, 0.1) is 11.8 Å². The molecule has 12 nitrogen and oxygen atoms in total. The number of aliphatic hydroxyl groups is 1. The summed E-state index contributed by atoms with van der Waals surface area (Å²) in [5.74, 6) is -0.619. The lowest BCUT2D eigenvalue weighted by Gasteiger charge is -2.47. The zero-order chi connectivity index (χ0) is 35.9. The largest absolute Gasteiger partial charge is 0.392 e. The van der Waals surface area contributed by atoms with Crippen LogP contribution in [0.4, 0.5) is 0 Å². The summed E-state index contributed by atoms with van der Waals surface area (Å²) < 4.78 is 60.0. The van der Waals surface area contributed by atoms with Crippen LogP contribution in [0.5, 0.6) is 0 Å². The third-order valence-corrected chi connectivity index (χ3v) is 14.0. The number of carbonyl (C=O) groups is 1. The predicted molar refractivity (Wildman–Crippen MR) is 186 cm³/mol. The Balaban J connectivity index is 0.994. The van der Waals surface area contributed by atoms with E-state index in [0.717, 1.165) is 56.1 Å². The molecule has 9 unspecified atom stereocenters. The number of fused-ring (bicyclic) bond motifs is 6. The zero-order valence-electron chi connectivity index (χ0n) is 30.8. The van der Waals surface area contributed by atoms with Crippen LogP contribution in [0.25, 0.3) is 0 Å². The Morgan fingerprint density at radius 1 is 0.808 bits per heavy atom. The lowest BCUT2D eigenvalue weighted by molar-refractivity contribution is -0.292. The van der Waals surface area contributed by atoms with Crippen molar-refractivity contribution in [2.24, 2.45) is 17.6 Å². The second-order valence-electron chi connectivity index (χ2n) is 17.4. The van der Waals surface area contributed by atoms with Crippen LogP contribution >= 0.6 is 0 Å². The number of ether oxygens (including phenoxy) is 9. The molecule has 10 rings (SSSR count). The van der Waals surface area contributed by atoms with Gasteiger partial charge in [0.1, 0.15) is 36.3 Å². The predicted octanol–water partition coefficient (Wildman–Crippen LogP) is 3.44. The number of aliphatic hydroxyl groups excluding tert-OH is 1. The van der Waals surface area contributed by atoms with E-state index < -0.39 is 18.0 Å². The first-order chi connectivity index (χ1) is 25.1. The van der Waals surface area contributed by atoms with Crippen LogP contribution in [0.1, 0.15) is 90.4 Å². The van der Waals surface area contributed by atoms with E-state index in [-0.39, 0.29) is 122 Å². The normalized spacial score (nSPS) is 52.4. The summed E-state index contributed by atoms with van der Waals surface area (Å²) >= 11 is 0. The van der Waals surface area contributed by atoms with E-state index >= 15 is 0 Å². The maximum atomic E-state index is 14.1. The quantitative estimate of drug-likeness (QED) is 0.409.